The van der Waals surface area contributed by atoms with Crippen molar-refractivity contribution in [2.75, 3.05) is 0 Å². The number of carbonyl (C=O) groups is 1. The molecule has 1 aliphatic carbocycles. The van der Waals surface area contributed by atoms with Gasteiger partial charge in [0.05, 0.1) is 5.69 Å². The van der Waals surface area contributed by atoms with Crippen LogP contribution in [-0.4, -0.2) is 36.3 Å². The number of hydrogen-bond acceptors (Lipinski definition) is 5. The summed E-state index contributed by atoms with van der Waals surface area (Å²) in [5.41, 5.74) is 6.17. The number of nitrogens with one attached hydrogen (secondary N) is 1. The van der Waals surface area contributed by atoms with Gasteiger partial charge in [-0.25, -0.2) is 0 Å². The maximum Gasteiger partial charge on any atom is 0.433 e. The van der Waals surface area contributed by atoms with E-state index < -0.39 is 11.9 Å². The summed E-state index contributed by atoms with van der Waals surface area (Å²) in [5.74, 6) is 0.165. The van der Waals surface area contributed by atoms with Crippen molar-refractivity contribution < 1.29 is 18.0 Å². The van der Waals surface area contributed by atoms with E-state index in [4.69, 9.17) is 5.73 Å². The van der Waals surface area contributed by atoms with E-state index in [0.717, 1.165) is 37.3 Å². The lowest BCUT2D eigenvalue weighted by atomic mass is 9.77. The minimum atomic E-state index is -4.62. The van der Waals surface area contributed by atoms with E-state index in [2.05, 4.69) is 25.7 Å². The summed E-state index contributed by atoms with van der Waals surface area (Å²) in [6.07, 6.45) is -0.381. The summed E-state index contributed by atoms with van der Waals surface area (Å²) >= 11 is 0. The van der Waals surface area contributed by atoms with Gasteiger partial charge in [0.1, 0.15) is 0 Å². The fourth-order valence-corrected chi connectivity index (χ4v) is 4.03. The summed E-state index contributed by atoms with van der Waals surface area (Å²) in [4.78, 5) is 11.1. The number of carbonyl (C=O) groups excluding carboxylic acids is 1. The summed E-state index contributed by atoms with van der Waals surface area (Å²) in [6, 6.07) is 8.37. The lowest BCUT2D eigenvalue weighted by Gasteiger charge is -2.28. The van der Waals surface area contributed by atoms with Gasteiger partial charge in [0.2, 0.25) is 5.91 Å². The Bertz CT molecular complexity index is 1000. The number of hydrogen-bond donors (Lipinski definition) is 2. The molecule has 11 heteroatoms. The predicted octanol–water partition coefficient (Wildman–Crippen LogP) is 3.22. The Labute approximate surface area is 169 Å². The van der Waals surface area contributed by atoms with Crippen molar-refractivity contribution in [1.82, 2.24) is 30.4 Å². The Morgan fingerprint density at radius 2 is 1.87 bits per heavy atom. The van der Waals surface area contributed by atoms with Crippen molar-refractivity contribution >= 4 is 5.91 Å². The lowest BCUT2D eigenvalue weighted by molar-refractivity contribution is -0.143. The fourth-order valence-electron chi connectivity index (χ4n) is 4.03. The molecule has 3 aromatic rings. The SMILES string of the molecule is NC(=O)CC1CCC(c2ccc(-c3cc(C(F)(F)F)n(-c4nn[nH]n4)n3)cc2)CC1. The van der Waals surface area contributed by atoms with Gasteiger partial charge in [-0.2, -0.15) is 28.2 Å². The smallest absolute Gasteiger partial charge is 0.370 e. The average Bonchev–Trinajstić information content (AvgIpc) is 3.38. The Hall–Kier alpha value is -3.24. The van der Waals surface area contributed by atoms with E-state index in [1.807, 2.05) is 12.1 Å². The summed E-state index contributed by atoms with van der Waals surface area (Å²) in [6.45, 7) is 0. The van der Waals surface area contributed by atoms with Crippen LogP contribution in [0, 0.1) is 5.92 Å². The highest BCUT2D eigenvalue weighted by atomic mass is 19.4. The molecule has 0 radical (unpaired) electrons. The van der Waals surface area contributed by atoms with Crippen LogP contribution >= 0.6 is 0 Å². The molecule has 4 rings (SSSR count). The van der Waals surface area contributed by atoms with Crippen molar-refractivity contribution in [3.8, 4) is 17.2 Å². The first-order valence-electron chi connectivity index (χ1n) is 9.61. The Morgan fingerprint density at radius 1 is 1.17 bits per heavy atom. The van der Waals surface area contributed by atoms with Crippen LogP contribution < -0.4 is 5.73 Å². The third-order valence-electron chi connectivity index (χ3n) is 5.54. The topological polar surface area (TPSA) is 115 Å². The van der Waals surface area contributed by atoms with E-state index in [1.165, 1.54) is 0 Å². The molecule has 0 unspecified atom stereocenters. The van der Waals surface area contributed by atoms with Crippen LogP contribution in [0.1, 0.15) is 49.3 Å². The number of nitrogens with zero attached hydrogens (tertiary/aromatic N) is 5. The second-order valence-corrected chi connectivity index (χ2v) is 7.55. The number of rotatable bonds is 5. The zero-order valence-electron chi connectivity index (χ0n) is 15.9. The monoisotopic (exact) mass is 419 g/mol. The van der Waals surface area contributed by atoms with Gasteiger partial charge in [-0.05, 0) is 54.4 Å². The third-order valence-corrected chi connectivity index (χ3v) is 5.54. The molecule has 1 aliphatic rings. The Kier molecular flexibility index (Phi) is 5.27. The lowest BCUT2D eigenvalue weighted by Crippen LogP contribution is -2.20. The number of nitrogens with two attached hydrogens (primary N) is 1. The molecule has 2 aromatic heterocycles. The first kappa shape index (κ1) is 20.0. The minimum Gasteiger partial charge on any atom is -0.370 e. The standard InChI is InChI=1S/C19H20F3N7O/c20-19(21,22)16-10-15(26-29(16)18-24-27-28-25-18)14-7-5-13(6-8-14)12-3-1-11(2-4-12)9-17(23)30/h5-8,10-12H,1-4,9H2,(H2,23,30)(H,24,25,27,28). The van der Waals surface area contributed by atoms with Gasteiger partial charge in [0, 0.05) is 12.0 Å². The maximum atomic E-state index is 13.4. The number of aromatic amines is 1. The fraction of sp³-hybridized carbons (Fsp3) is 0.421. The van der Waals surface area contributed by atoms with Gasteiger partial charge in [-0.1, -0.05) is 29.4 Å². The zero-order valence-corrected chi connectivity index (χ0v) is 15.9. The summed E-state index contributed by atoms with van der Waals surface area (Å²) in [5, 5.41) is 16.6. The molecular formula is C19H20F3N7O. The highest BCUT2D eigenvalue weighted by Gasteiger charge is 2.37. The highest BCUT2D eigenvalue weighted by Crippen LogP contribution is 2.38. The van der Waals surface area contributed by atoms with Gasteiger partial charge in [0.25, 0.3) is 5.95 Å². The molecule has 30 heavy (non-hydrogen) atoms. The van der Waals surface area contributed by atoms with Crippen LogP contribution in [-0.2, 0) is 11.0 Å². The molecule has 0 saturated heterocycles. The van der Waals surface area contributed by atoms with Crippen LogP contribution in [0.2, 0.25) is 0 Å². The van der Waals surface area contributed by atoms with Crippen LogP contribution in [0.15, 0.2) is 30.3 Å². The highest BCUT2D eigenvalue weighted by molar-refractivity contribution is 5.74. The number of H-pyrrole nitrogens is 1. The molecule has 0 spiro atoms. The number of amides is 1. The third kappa shape index (κ3) is 4.19. The molecule has 3 N–H and O–H groups in total. The Balaban J connectivity index is 1.53. The largest absolute Gasteiger partial charge is 0.433 e. The molecule has 0 atom stereocenters. The van der Waals surface area contributed by atoms with Crippen molar-refractivity contribution in [1.29, 1.82) is 0 Å². The summed E-state index contributed by atoms with van der Waals surface area (Å²) in [7, 11) is 0. The molecule has 1 aromatic carbocycles. The molecule has 2 heterocycles. The van der Waals surface area contributed by atoms with Gasteiger partial charge >= 0.3 is 6.18 Å². The van der Waals surface area contributed by atoms with E-state index in [0.29, 0.717) is 28.5 Å². The first-order valence-corrected chi connectivity index (χ1v) is 9.61. The molecule has 0 aliphatic heterocycles. The van der Waals surface area contributed by atoms with E-state index in [9.17, 15) is 18.0 Å². The van der Waals surface area contributed by atoms with E-state index in [-0.39, 0.29) is 17.5 Å². The molecule has 1 fully saturated rings. The van der Waals surface area contributed by atoms with Crippen LogP contribution in [0.25, 0.3) is 17.2 Å². The number of aromatic nitrogens is 6. The van der Waals surface area contributed by atoms with Gasteiger partial charge in [0.15, 0.2) is 5.69 Å². The number of benzene rings is 1. The molecule has 8 nitrogen and oxygen atoms in total. The van der Waals surface area contributed by atoms with Crippen molar-refractivity contribution in [3.63, 3.8) is 0 Å². The van der Waals surface area contributed by atoms with Gasteiger partial charge < -0.3 is 5.73 Å². The van der Waals surface area contributed by atoms with E-state index in [1.54, 1.807) is 12.1 Å². The maximum absolute atomic E-state index is 13.4. The molecule has 1 saturated carbocycles. The van der Waals surface area contributed by atoms with Crippen molar-refractivity contribution in [2.45, 2.75) is 44.2 Å². The van der Waals surface area contributed by atoms with Crippen LogP contribution in [0.3, 0.4) is 0 Å². The second-order valence-electron chi connectivity index (χ2n) is 7.55. The number of primary amides is 1. The zero-order chi connectivity index (χ0) is 21.3. The van der Waals surface area contributed by atoms with Gasteiger partial charge in [-0.3, -0.25) is 4.79 Å². The second kappa shape index (κ2) is 7.88. The summed E-state index contributed by atoms with van der Waals surface area (Å²) < 4.78 is 40.9. The predicted molar refractivity (Wildman–Crippen MR) is 100 cm³/mol. The van der Waals surface area contributed by atoms with Gasteiger partial charge in [-0.15, -0.1) is 5.10 Å². The van der Waals surface area contributed by atoms with Crippen LogP contribution in [0.4, 0.5) is 13.2 Å². The number of alkyl halides is 3. The molecular weight excluding hydrogens is 399 g/mol. The van der Waals surface area contributed by atoms with Crippen LogP contribution in [0.5, 0.6) is 0 Å². The Morgan fingerprint density at radius 3 is 2.43 bits per heavy atom. The number of tetrazole rings is 1. The minimum absolute atomic E-state index is 0.170. The normalized spacial score (nSPS) is 19.7. The molecule has 158 valence electrons. The average molecular weight is 419 g/mol. The quantitative estimate of drug-likeness (QED) is 0.659. The molecule has 0 bridgehead atoms. The van der Waals surface area contributed by atoms with Crippen molar-refractivity contribution in [2.24, 2.45) is 11.7 Å². The molecule has 1 amide bonds. The van der Waals surface area contributed by atoms with E-state index >= 15 is 0 Å². The van der Waals surface area contributed by atoms with Crippen molar-refractivity contribution in [3.05, 3.63) is 41.6 Å². The first-order chi connectivity index (χ1) is 14.3. The number of halogens is 3.